The number of rotatable bonds is 3. The lowest BCUT2D eigenvalue weighted by atomic mass is 9.78. The Kier molecular flexibility index (Phi) is 6.23. The molecule has 1 heterocycles. The summed E-state index contributed by atoms with van der Waals surface area (Å²) in [5.41, 5.74) is 0.345. The lowest BCUT2D eigenvalue weighted by Gasteiger charge is -2.22. The van der Waals surface area contributed by atoms with Crippen molar-refractivity contribution < 1.29 is 40.2 Å². The molecular formula is C38H22B2O8. The third-order valence-corrected chi connectivity index (χ3v) is 9.00. The lowest BCUT2D eigenvalue weighted by Crippen LogP contribution is -2.16. The summed E-state index contributed by atoms with van der Waals surface area (Å²) in [7, 11) is 11.7. The van der Waals surface area contributed by atoms with Gasteiger partial charge in [-0.1, -0.05) is 84.9 Å². The third-order valence-electron chi connectivity index (χ3n) is 9.00. The van der Waals surface area contributed by atoms with Crippen LogP contribution in [-0.2, 0) is 0 Å². The second kappa shape index (κ2) is 10.3. The summed E-state index contributed by atoms with van der Waals surface area (Å²) in [5, 5.41) is 81.5. The number of benzene rings is 7. The van der Waals surface area contributed by atoms with Gasteiger partial charge in [0.2, 0.25) is 0 Å². The highest BCUT2D eigenvalue weighted by Gasteiger charge is 2.32. The number of para-hydroxylation sites is 2. The van der Waals surface area contributed by atoms with Gasteiger partial charge < -0.3 is 40.2 Å². The summed E-state index contributed by atoms with van der Waals surface area (Å²) in [6.07, 6.45) is 0. The molecule has 0 saturated carbocycles. The molecule has 0 unspecified atom stereocenters. The average Bonchev–Trinajstić information content (AvgIpc) is 3.49. The minimum atomic E-state index is -0.976. The minimum absolute atomic E-state index is 0.291. The Balaban J connectivity index is 1.49. The Bertz CT molecular complexity index is 2560. The molecule has 10 heteroatoms. The molecule has 0 amide bonds. The monoisotopic (exact) mass is 628 g/mol. The van der Waals surface area contributed by atoms with E-state index in [1.54, 1.807) is 24.3 Å². The van der Waals surface area contributed by atoms with Crippen molar-refractivity contribution in [2.75, 3.05) is 0 Å². The number of phenolic OH excluding ortho intramolecular Hbond substituents is 7. The van der Waals surface area contributed by atoms with E-state index in [1.165, 1.54) is 0 Å². The smallest absolute Gasteiger partial charge is 0.170 e. The van der Waals surface area contributed by atoms with Gasteiger partial charge in [-0.15, -0.1) is 0 Å². The highest BCUT2D eigenvalue weighted by molar-refractivity contribution is 6.44. The maximum Gasteiger partial charge on any atom is 0.170 e. The summed E-state index contributed by atoms with van der Waals surface area (Å²) < 4.78 is 6.40. The second-order valence-corrected chi connectivity index (χ2v) is 11.5. The van der Waals surface area contributed by atoms with Crippen LogP contribution < -0.4 is 10.9 Å². The van der Waals surface area contributed by atoms with Gasteiger partial charge in [0.05, 0.1) is 11.1 Å². The molecule has 0 bridgehead atoms. The molecule has 228 valence electrons. The van der Waals surface area contributed by atoms with Gasteiger partial charge in [0.1, 0.15) is 38.4 Å². The molecule has 1 aromatic heterocycles. The van der Waals surface area contributed by atoms with Gasteiger partial charge in [0, 0.05) is 33.0 Å². The Hall–Kier alpha value is -6.41. The molecule has 0 aliphatic carbocycles. The van der Waals surface area contributed by atoms with Crippen LogP contribution in [0.3, 0.4) is 0 Å². The molecule has 0 fully saturated rings. The van der Waals surface area contributed by atoms with Crippen LogP contribution >= 0.6 is 0 Å². The first-order valence-corrected chi connectivity index (χ1v) is 14.8. The van der Waals surface area contributed by atoms with E-state index >= 15 is 0 Å². The topological polar surface area (TPSA) is 155 Å². The largest absolute Gasteiger partial charge is 0.508 e. The zero-order valence-corrected chi connectivity index (χ0v) is 24.9. The van der Waals surface area contributed by atoms with Crippen molar-refractivity contribution in [3.63, 3.8) is 0 Å². The molecule has 0 saturated heterocycles. The maximum atomic E-state index is 11.6. The summed E-state index contributed by atoms with van der Waals surface area (Å²) >= 11 is 0. The molecule has 7 aromatic carbocycles. The zero-order valence-electron chi connectivity index (χ0n) is 24.9. The van der Waals surface area contributed by atoms with Gasteiger partial charge in [0.15, 0.2) is 28.7 Å². The van der Waals surface area contributed by atoms with Gasteiger partial charge in [-0.25, -0.2) is 0 Å². The van der Waals surface area contributed by atoms with Crippen LogP contribution in [-0.4, -0.2) is 51.4 Å². The minimum Gasteiger partial charge on any atom is -0.508 e. The highest BCUT2D eigenvalue weighted by Crippen LogP contribution is 2.59. The van der Waals surface area contributed by atoms with E-state index in [1.807, 2.05) is 66.7 Å². The zero-order chi connectivity index (χ0) is 33.6. The van der Waals surface area contributed by atoms with Crippen molar-refractivity contribution in [1.82, 2.24) is 0 Å². The molecular weight excluding hydrogens is 606 g/mol. The van der Waals surface area contributed by atoms with Crippen LogP contribution in [0.5, 0.6) is 40.2 Å². The highest BCUT2D eigenvalue weighted by atomic mass is 16.3. The summed E-state index contributed by atoms with van der Waals surface area (Å²) in [4.78, 5) is 0. The molecule has 7 N–H and O–H groups in total. The number of hydrogen-bond donors (Lipinski definition) is 7. The number of phenols is 7. The predicted octanol–water partition coefficient (Wildman–Crippen LogP) is 6.42. The molecule has 0 spiro atoms. The van der Waals surface area contributed by atoms with E-state index in [0.29, 0.717) is 21.9 Å². The Morgan fingerprint density at radius 2 is 0.792 bits per heavy atom. The SMILES string of the molecule is [B]c1c(O)c(O)c([B])c(-c2c(O)c(O)c(-c3c4ccccc4c(-c4cccc5c4oc4ccccc45)c4ccccc34)c(O)c2O)c1O. The predicted molar refractivity (Wildman–Crippen MR) is 187 cm³/mol. The van der Waals surface area contributed by atoms with Crippen LogP contribution in [0.4, 0.5) is 0 Å². The van der Waals surface area contributed by atoms with Crippen molar-refractivity contribution >= 4 is 70.1 Å². The Labute approximate surface area is 274 Å². The van der Waals surface area contributed by atoms with E-state index in [2.05, 4.69) is 0 Å². The van der Waals surface area contributed by atoms with E-state index in [9.17, 15) is 35.7 Å². The number of hydrogen-bond acceptors (Lipinski definition) is 8. The van der Waals surface area contributed by atoms with Crippen molar-refractivity contribution in [3.8, 4) is 73.6 Å². The number of furan rings is 1. The maximum absolute atomic E-state index is 11.6. The van der Waals surface area contributed by atoms with Gasteiger partial charge in [0.25, 0.3) is 0 Å². The number of aromatic hydroxyl groups is 7. The fourth-order valence-corrected chi connectivity index (χ4v) is 6.80. The van der Waals surface area contributed by atoms with Crippen molar-refractivity contribution in [2.45, 2.75) is 0 Å². The van der Waals surface area contributed by atoms with Crippen molar-refractivity contribution in [1.29, 1.82) is 0 Å². The summed E-state index contributed by atoms with van der Waals surface area (Å²) in [6.45, 7) is 0. The quantitative estimate of drug-likeness (QED) is 0.0512. The fraction of sp³-hybridized carbons (Fsp3) is 0. The number of fused-ring (bicyclic) bond motifs is 5. The normalized spacial score (nSPS) is 11.7. The first-order chi connectivity index (χ1) is 23.1. The first-order valence-electron chi connectivity index (χ1n) is 14.8. The van der Waals surface area contributed by atoms with E-state index in [4.69, 9.17) is 20.1 Å². The molecule has 8 rings (SSSR count). The van der Waals surface area contributed by atoms with Crippen LogP contribution in [0.25, 0.3) is 76.9 Å². The second-order valence-electron chi connectivity index (χ2n) is 11.5. The molecule has 8 nitrogen and oxygen atoms in total. The standard InChI is InChI=1S/C38H22B2O8/c39-29-26(31(41)30(40)37(47)36(29)46)28-34(44)32(42)27(33(43)35(28)45)25-19-11-3-1-9-17(19)24(18-10-2-4-12-20(18)25)22-14-7-13-21-16-8-5-6-15-23(16)48-38(21)22/h1-15,41-47H. The van der Waals surface area contributed by atoms with Crippen LogP contribution in [0.1, 0.15) is 0 Å². The molecule has 8 aromatic rings. The molecule has 0 atom stereocenters. The molecule has 48 heavy (non-hydrogen) atoms. The summed E-state index contributed by atoms with van der Waals surface area (Å²) in [5.74, 6) is -6.42. The van der Waals surface area contributed by atoms with E-state index < -0.39 is 62.3 Å². The van der Waals surface area contributed by atoms with Crippen LogP contribution in [0, 0.1) is 0 Å². The lowest BCUT2D eigenvalue weighted by molar-refractivity contribution is 0.377. The molecule has 0 aliphatic heterocycles. The van der Waals surface area contributed by atoms with Crippen LogP contribution in [0.15, 0.2) is 95.4 Å². The molecule has 0 aliphatic rings. The first kappa shape index (κ1) is 29.0. The van der Waals surface area contributed by atoms with E-state index in [0.717, 1.165) is 38.3 Å². The summed E-state index contributed by atoms with van der Waals surface area (Å²) in [6, 6.07) is 28.4. The van der Waals surface area contributed by atoms with Gasteiger partial charge >= 0.3 is 0 Å². The van der Waals surface area contributed by atoms with Gasteiger partial charge in [-0.3, -0.25) is 0 Å². The van der Waals surface area contributed by atoms with Gasteiger partial charge in [-0.05, 0) is 38.5 Å². The average molecular weight is 628 g/mol. The van der Waals surface area contributed by atoms with Crippen molar-refractivity contribution in [2.24, 2.45) is 0 Å². The third kappa shape index (κ3) is 3.80. The van der Waals surface area contributed by atoms with Crippen LogP contribution in [0.2, 0.25) is 0 Å². The molecule has 4 radical (unpaired) electrons. The van der Waals surface area contributed by atoms with E-state index in [-0.39, 0.29) is 5.56 Å². The Morgan fingerprint density at radius 1 is 0.354 bits per heavy atom. The fourth-order valence-electron chi connectivity index (χ4n) is 6.80. The van der Waals surface area contributed by atoms with Gasteiger partial charge in [-0.2, -0.15) is 0 Å². The van der Waals surface area contributed by atoms with Crippen molar-refractivity contribution in [3.05, 3.63) is 91.0 Å². The Morgan fingerprint density at radius 3 is 1.35 bits per heavy atom.